The fourth-order valence-corrected chi connectivity index (χ4v) is 6.31. The third-order valence-corrected chi connectivity index (χ3v) is 8.64. The number of aliphatic hydroxyl groups is 2. The molecule has 0 saturated heterocycles. The van der Waals surface area contributed by atoms with Gasteiger partial charge in [-0.3, -0.25) is 9.34 Å². The van der Waals surface area contributed by atoms with Gasteiger partial charge in [0.05, 0.1) is 20.4 Å². The highest BCUT2D eigenvalue weighted by atomic mass is 31.1. The highest BCUT2D eigenvalue weighted by Gasteiger charge is 2.34. The molecule has 0 spiro atoms. The molecule has 0 aliphatic heterocycles. The monoisotopic (exact) mass is 447 g/mol. The summed E-state index contributed by atoms with van der Waals surface area (Å²) in [5, 5.41) is 23.3. The predicted octanol–water partition coefficient (Wildman–Crippen LogP) is 4.35. The first kappa shape index (κ1) is 26.2. The number of benzene rings is 3. The van der Waals surface area contributed by atoms with E-state index in [0.717, 1.165) is 11.1 Å². The summed E-state index contributed by atoms with van der Waals surface area (Å²) in [7, 11) is 3.17. The van der Waals surface area contributed by atoms with Crippen molar-refractivity contribution < 1.29 is 10.2 Å². The van der Waals surface area contributed by atoms with Crippen LogP contribution in [0, 0.1) is 0 Å². The molecule has 0 unspecified atom stereocenters. The number of likely N-dealkylation sites (N-methyl/N-ethyl adjacent to an activating group) is 2. The van der Waals surface area contributed by atoms with Gasteiger partial charge in [0.1, 0.15) is 0 Å². The van der Waals surface area contributed by atoms with Gasteiger partial charge in [0.15, 0.2) is 0 Å². The Labute approximate surface area is 196 Å². The zero-order chi connectivity index (χ0) is 22.4. The summed E-state index contributed by atoms with van der Waals surface area (Å²) in [6, 6.07) is 29.7. The molecule has 4 nitrogen and oxygen atoms in total. The molecule has 0 aliphatic carbocycles. The fraction of sp³-hybridized carbons (Fsp3) is 0.308. The fourth-order valence-electron chi connectivity index (χ4n) is 3.76. The van der Waals surface area contributed by atoms with Gasteiger partial charge in [0.25, 0.3) is 0 Å². The van der Waals surface area contributed by atoms with Crippen molar-refractivity contribution in [2.75, 3.05) is 14.1 Å². The van der Waals surface area contributed by atoms with Gasteiger partial charge in [-0.15, -0.1) is 0 Å². The van der Waals surface area contributed by atoms with Crippen LogP contribution in [0.4, 0.5) is 0 Å². The molecule has 0 saturated carbocycles. The standard InChI is InChI=1S/C26H33N2O2P.B/c1-20(25(29)22-14-8-5-9-15-22)27(3)31(24-18-12-7-13-19-24)28(4)21(2)26(30)23-16-10-6-11-17-23;/h5-21,25-26,29-30H,1-4H3;/t20-,21-,25-,26-;/m0./s1. The number of rotatable bonds is 9. The molecule has 0 fully saturated rings. The molecule has 0 bridgehead atoms. The molecule has 167 valence electrons. The second-order valence-corrected chi connectivity index (χ2v) is 10.3. The second kappa shape index (κ2) is 12.3. The van der Waals surface area contributed by atoms with Crippen LogP contribution in [0.25, 0.3) is 0 Å². The smallest absolute Gasteiger partial charge is 0.0946 e. The normalized spacial score (nSPS) is 15.3. The lowest BCUT2D eigenvalue weighted by Gasteiger charge is -2.43. The highest BCUT2D eigenvalue weighted by Crippen LogP contribution is 2.47. The molecule has 3 rings (SSSR count). The van der Waals surface area contributed by atoms with Gasteiger partial charge in [-0.1, -0.05) is 91.0 Å². The first-order valence-electron chi connectivity index (χ1n) is 10.7. The summed E-state index contributed by atoms with van der Waals surface area (Å²) in [6.07, 6.45) is -1.22. The molecule has 0 amide bonds. The minimum Gasteiger partial charge on any atom is -0.387 e. The van der Waals surface area contributed by atoms with Gasteiger partial charge in [0.2, 0.25) is 0 Å². The SMILES string of the molecule is C[C@@H]([C@H](O)c1ccccc1)N(C)P(c1ccccc1)N(C)[C@@H](C)[C@H](O)c1ccccc1.[B]. The molecule has 3 radical (unpaired) electrons. The largest absolute Gasteiger partial charge is 0.387 e. The summed E-state index contributed by atoms with van der Waals surface area (Å²) >= 11 is 0. The Morgan fingerprint density at radius 1 is 0.594 bits per heavy atom. The lowest BCUT2D eigenvalue weighted by molar-refractivity contribution is 0.0951. The average Bonchev–Trinajstić information content (AvgIpc) is 2.83. The number of hydrogen-bond acceptors (Lipinski definition) is 4. The first-order valence-corrected chi connectivity index (χ1v) is 11.9. The second-order valence-electron chi connectivity index (χ2n) is 7.96. The van der Waals surface area contributed by atoms with Crippen LogP contribution < -0.4 is 5.30 Å². The molecule has 32 heavy (non-hydrogen) atoms. The van der Waals surface area contributed by atoms with Gasteiger partial charge >= 0.3 is 0 Å². The predicted molar refractivity (Wildman–Crippen MR) is 136 cm³/mol. The van der Waals surface area contributed by atoms with Crippen LogP contribution in [0.2, 0.25) is 0 Å². The third-order valence-electron chi connectivity index (χ3n) is 5.96. The van der Waals surface area contributed by atoms with E-state index in [0.29, 0.717) is 0 Å². The van der Waals surface area contributed by atoms with Crippen molar-refractivity contribution in [2.45, 2.75) is 38.1 Å². The number of aliphatic hydroxyl groups excluding tert-OH is 2. The van der Waals surface area contributed by atoms with Gasteiger partial charge in [0, 0.05) is 25.8 Å². The molecular formula is C26H33BN2O2P. The zero-order valence-corrected chi connectivity index (χ0v) is 20.2. The van der Waals surface area contributed by atoms with E-state index in [1.54, 1.807) is 0 Å². The summed E-state index contributed by atoms with van der Waals surface area (Å²) in [6.45, 7) is 4.12. The number of nitrogens with zero attached hydrogens (tertiary/aromatic N) is 2. The Bertz CT molecular complexity index is 859. The third kappa shape index (κ3) is 6.07. The highest BCUT2D eigenvalue weighted by molar-refractivity contribution is 7.61. The molecule has 0 aromatic heterocycles. The van der Waals surface area contributed by atoms with E-state index in [9.17, 15) is 10.2 Å². The van der Waals surface area contributed by atoms with E-state index >= 15 is 0 Å². The van der Waals surface area contributed by atoms with Crippen LogP contribution in [-0.4, -0.2) is 54.1 Å². The molecule has 4 atom stereocenters. The van der Waals surface area contributed by atoms with Crippen LogP contribution >= 0.6 is 8.22 Å². The molecular weight excluding hydrogens is 414 g/mol. The van der Waals surface area contributed by atoms with E-state index in [-0.39, 0.29) is 20.5 Å². The van der Waals surface area contributed by atoms with Crippen LogP contribution in [-0.2, 0) is 0 Å². The van der Waals surface area contributed by atoms with Crippen molar-refractivity contribution in [1.82, 2.24) is 9.34 Å². The molecule has 6 heteroatoms. The molecule has 0 aliphatic rings. The van der Waals surface area contributed by atoms with Crippen LogP contribution in [0.1, 0.15) is 37.2 Å². The van der Waals surface area contributed by atoms with E-state index in [2.05, 4.69) is 49.4 Å². The van der Waals surface area contributed by atoms with Crippen LogP contribution in [0.3, 0.4) is 0 Å². The summed E-state index contributed by atoms with van der Waals surface area (Å²) in [4.78, 5) is 0. The minimum absolute atomic E-state index is 0. The van der Waals surface area contributed by atoms with E-state index in [1.165, 1.54) is 5.30 Å². The Balaban J connectivity index is 0.00000363. The molecule has 0 heterocycles. The summed E-state index contributed by atoms with van der Waals surface area (Å²) in [5.74, 6) is 0. The van der Waals surface area contributed by atoms with Crippen LogP contribution in [0.15, 0.2) is 91.0 Å². The van der Waals surface area contributed by atoms with E-state index in [1.807, 2.05) is 78.9 Å². The van der Waals surface area contributed by atoms with Crippen molar-refractivity contribution >= 4 is 21.9 Å². The maximum absolute atomic E-state index is 11.1. The van der Waals surface area contributed by atoms with Crippen molar-refractivity contribution in [3.8, 4) is 0 Å². The summed E-state index contributed by atoms with van der Waals surface area (Å²) < 4.78 is 4.49. The van der Waals surface area contributed by atoms with Gasteiger partial charge < -0.3 is 10.2 Å². The van der Waals surface area contributed by atoms with E-state index in [4.69, 9.17) is 0 Å². The minimum atomic E-state index is -0.956. The van der Waals surface area contributed by atoms with Crippen LogP contribution in [0.5, 0.6) is 0 Å². The Morgan fingerprint density at radius 2 is 0.906 bits per heavy atom. The molecule has 3 aromatic rings. The van der Waals surface area contributed by atoms with E-state index < -0.39 is 20.4 Å². The average molecular weight is 447 g/mol. The van der Waals surface area contributed by atoms with Crippen molar-refractivity contribution in [3.63, 3.8) is 0 Å². The maximum Gasteiger partial charge on any atom is 0.0946 e. The Hall–Kier alpha value is -2.01. The lowest BCUT2D eigenvalue weighted by Crippen LogP contribution is -2.42. The maximum atomic E-state index is 11.1. The lowest BCUT2D eigenvalue weighted by atomic mass is 10.0. The molecule has 3 aromatic carbocycles. The summed E-state index contributed by atoms with van der Waals surface area (Å²) in [5.41, 5.74) is 1.81. The van der Waals surface area contributed by atoms with Crippen molar-refractivity contribution in [1.29, 1.82) is 0 Å². The van der Waals surface area contributed by atoms with Crippen molar-refractivity contribution in [3.05, 3.63) is 102 Å². The zero-order valence-electron chi connectivity index (χ0n) is 19.3. The van der Waals surface area contributed by atoms with Gasteiger partial charge in [-0.05, 0) is 39.1 Å². The van der Waals surface area contributed by atoms with Gasteiger partial charge in [-0.2, -0.15) is 0 Å². The quantitative estimate of drug-likeness (QED) is 0.378. The van der Waals surface area contributed by atoms with Crippen molar-refractivity contribution in [2.24, 2.45) is 0 Å². The van der Waals surface area contributed by atoms with Gasteiger partial charge in [-0.25, -0.2) is 0 Å². The molecule has 2 N–H and O–H groups in total. The Kier molecular flexibility index (Phi) is 10.1. The first-order chi connectivity index (χ1) is 14.9. The number of hydrogen-bond donors (Lipinski definition) is 2. The Morgan fingerprint density at radius 3 is 1.25 bits per heavy atom. The topological polar surface area (TPSA) is 46.9 Å².